The summed E-state index contributed by atoms with van der Waals surface area (Å²) in [7, 11) is 0. The highest BCUT2D eigenvalue weighted by Gasteiger charge is 2.23. The minimum atomic E-state index is -1.49. The SMILES string of the molecule is CC(=O)/C(=N/Nc1cc(C(=O)O)ccc1C(=O)O)C(=O)Nc1ccc(NC(=O)/C(=N\N(N)c2cc(C(=O)O)ccc2C(=O)O)C(C)=O)cc1. The fourth-order valence-electron chi connectivity index (χ4n) is 3.85. The third-order valence-corrected chi connectivity index (χ3v) is 6.21. The van der Waals surface area contributed by atoms with Crippen LogP contribution >= 0.6 is 0 Å². The van der Waals surface area contributed by atoms with Gasteiger partial charge in [0.1, 0.15) is 0 Å². The van der Waals surface area contributed by atoms with Gasteiger partial charge in [-0.3, -0.25) is 24.6 Å². The zero-order valence-electron chi connectivity index (χ0n) is 25.2. The lowest BCUT2D eigenvalue weighted by atomic mass is 10.1. The van der Waals surface area contributed by atoms with Gasteiger partial charge in [0.05, 0.1) is 33.6 Å². The van der Waals surface area contributed by atoms with Crippen LogP contribution in [0.2, 0.25) is 0 Å². The molecule has 0 heterocycles. The molecule has 0 aliphatic heterocycles. The second kappa shape index (κ2) is 15.3. The van der Waals surface area contributed by atoms with Gasteiger partial charge in [-0.05, 0) is 60.7 Å². The lowest BCUT2D eigenvalue weighted by molar-refractivity contribution is -0.116. The summed E-state index contributed by atoms with van der Waals surface area (Å²) in [4.78, 5) is 95.9. The Kier molecular flexibility index (Phi) is 11.3. The highest BCUT2D eigenvalue weighted by molar-refractivity contribution is 6.67. The number of hydrogen-bond donors (Lipinski definition) is 8. The van der Waals surface area contributed by atoms with Crippen LogP contribution in [0.15, 0.2) is 70.9 Å². The second-order valence-electron chi connectivity index (χ2n) is 9.68. The summed E-state index contributed by atoms with van der Waals surface area (Å²) >= 11 is 0. The standard InChI is InChI=1S/C30H25N7O12/c1-13(38)23(35-34-21-11-15(27(42)43)3-9-19(21)29(46)47)25(40)32-17-5-7-18(8-6-17)33-26(41)24(14(2)39)36-37(31)22-12-16(28(44)45)4-10-20(22)30(48)49/h3-12,34H,31H2,1-2H3,(H,32,40)(H,33,41)(H,42,43)(H,44,45)(H,46,47)(H,48,49)/b35-23-,36-24-. The van der Waals surface area contributed by atoms with Crippen LogP contribution in [0.4, 0.5) is 22.7 Å². The molecule has 2 amide bonds. The van der Waals surface area contributed by atoms with E-state index < -0.39 is 69.9 Å². The molecule has 0 aliphatic rings. The number of anilines is 4. The first-order valence-electron chi connectivity index (χ1n) is 13.4. The molecule has 0 saturated carbocycles. The predicted molar refractivity (Wildman–Crippen MR) is 171 cm³/mol. The number of hydrogen-bond acceptors (Lipinski definition) is 13. The molecule has 0 aromatic heterocycles. The number of nitrogens with zero attached hydrogens (tertiary/aromatic N) is 3. The summed E-state index contributed by atoms with van der Waals surface area (Å²) in [6, 6.07) is 11.0. The first-order chi connectivity index (χ1) is 23.0. The number of carboxylic acid groups (broad SMARTS) is 4. The Bertz CT molecular complexity index is 1970. The van der Waals surface area contributed by atoms with E-state index in [1.165, 1.54) is 24.3 Å². The third-order valence-electron chi connectivity index (χ3n) is 6.21. The lowest BCUT2D eigenvalue weighted by Gasteiger charge is -2.17. The minimum Gasteiger partial charge on any atom is -0.478 e. The number of aromatic carboxylic acids is 4. The van der Waals surface area contributed by atoms with Gasteiger partial charge >= 0.3 is 23.9 Å². The van der Waals surface area contributed by atoms with E-state index in [0.29, 0.717) is 5.12 Å². The molecule has 0 spiro atoms. The summed E-state index contributed by atoms with van der Waals surface area (Å²) in [5, 5.41) is 49.7. The molecule has 0 fully saturated rings. The maximum atomic E-state index is 12.9. The Morgan fingerprint density at radius 2 is 1.06 bits per heavy atom. The van der Waals surface area contributed by atoms with Crippen LogP contribution < -0.4 is 27.0 Å². The number of benzene rings is 3. The molecule has 0 atom stereocenters. The molecular weight excluding hydrogens is 650 g/mol. The fourth-order valence-corrected chi connectivity index (χ4v) is 3.85. The van der Waals surface area contributed by atoms with Crippen LogP contribution in [-0.2, 0) is 19.2 Å². The number of Topliss-reactive ketones (excluding diaryl/α,β-unsaturated/α-hetero) is 2. The van der Waals surface area contributed by atoms with E-state index in [9.17, 15) is 58.8 Å². The van der Waals surface area contributed by atoms with E-state index >= 15 is 0 Å². The van der Waals surface area contributed by atoms with Gasteiger partial charge in [-0.25, -0.2) is 25.0 Å². The maximum Gasteiger partial charge on any atom is 0.337 e. The Hall–Kier alpha value is -7.28. The van der Waals surface area contributed by atoms with E-state index in [1.54, 1.807) is 0 Å². The number of carbonyl (C=O) groups is 8. The van der Waals surface area contributed by atoms with Gasteiger partial charge in [0.2, 0.25) is 0 Å². The van der Waals surface area contributed by atoms with Crippen molar-refractivity contribution >= 4 is 81.4 Å². The zero-order chi connectivity index (χ0) is 36.6. The monoisotopic (exact) mass is 675 g/mol. The van der Waals surface area contributed by atoms with Crippen molar-refractivity contribution in [1.29, 1.82) is 0 Å². The Labute approximate surface area is 274 Å². The van der Waals surface area contributed by atoms with Crippen LogP contribution in [0.5, 0.6) is 0 Å². The fraction of sp³-hybridized carbons (Fsp3) is 0.0667. The molecule has 0 radical (unpaired) electrons. The number of hydrazone groups is 2. The Balaban J connectivity index is 1.79. The summed E-state index contributed by atoms with van der Waals surface area (Å²) in [6.07, 6.45) is 0. The van der Waals surface area contributed by atoms with Gasteiger partial charge in [-0.2, -0.15) is 10.2 Å². The number of carbonyl (C=O) groups excluding carboxylic acids is 4. The van der Waals surface area contributed by atoms with E-state index in [1.807, 2.05) is 0 Å². The van der Waals surface area contributed by atoms with E-state index in [2.05, 4.69) is 26.3 Å². The summed E-state index contributed by atoms with van der Waals surface area (Å²) in [6.45, 7) is 1.98. The van der Waals surface area contributed by atoms with Crippen LogP contribution in [0.3, 0.4) is 0 Å². The first kappa shape index (κ1) is 36.2. The molecule has 3 aromatic rings. The molecule has 0 saturated heterocycles. The molecule has 19 heteroatoms. The second-order valence-corrected chi connectivity index (χ2v) is 9.68. The third kappa shape index (κ3) is 9.14. The van der Waals surface area contributed by atoms with E-state index in [4.69, 9.17) is 5.84 Å². The minimum absolute atomic E-state index is 0.0706. The summed E-state index contributed by atoms with van der Waals surface area (Å²) in [5.41, 5.74) is -1.32. The van der Waals surface area contributed by atoms with Crippen molar-refractivity contribution in [2.24, 2.45) is 16.0 Å². The van der Waals surface area contributed by atoms with Crippen LogP contribution in [0.25, 0.3) is 0 Å². The number of ketones is 2. The number of rotatable bonds is 14. The molecule has 0 unspecified atom stereocenters. The molecule has 49 heavy (non-hydrogen) atoms. The van der Waals surface area contributed by atoms with Gasteiger partial charge in [0, 0.05) is 25.2 Å². The summed E-state index contributed by atoms with van der Waals surface area (Å²) < 4.78 is 0. The van der Waals surface area contributed by atoms with E-state index in [-0.39, 0.29) is 33.8 Å². The van der Waals surface area contributed by atoms with Gasteiger partial charge in [-0.15, -0.1) is 5.10 Å². The van der Waals surface area contributed by atoms with Gasteiger partial charge in [0.15, 0.2) is 23.0 Å². The first-order valence-corrected chi connectivity index (χ1v) is 13.4. The van der Waals surface area contributed by atoms with Gasteiger partial charge in [-0.1, -0.05) is 0 Å². The number of nitrogens with two attached hydrogens (primary N) is 1. The molecule has 0 aliphatic carbocycles. The quantitative estimate of drug-likeness (QED) is 0.0522. The van der Waals surface area contributed by atoms with E-state index in [0.717, 1.165) is 50.2 Å². The number of amides is 2. The maximum absolute atomic E-state index is 12.9. The molecule has 0 bridgehead atoms. The Morgan fingerprint density at radius 1 is 0.612 bits per heavy atom. The smallest absolute Gasteiger partial charge is 0.337 e. The van der Waals surface area contributed by atoms with Crippen molar-refractivity contribution in [2.75, 3.05) is 21.2 Å². The number of nitrogens with one attached hydrogen (secondary N) is 3. The molecule has 252 valence electrons. The average Bonchev–Trinajstić information content (AvgIpc) is 3.03. The number of hydrazine groups is 1. The van der Waals surface area contributed by atoms with Crippen molar-refractivity contribution in [3.8, 4) is 0 Å². The topological polar surface area (TPSA) is 308 Å². The lowest BCUT2D eigenvalue weighted by Crippen LogP contribution is -2.35. The average molecular weight is 676 g/mol. The Morgan fingerprint density at radius 3 is 1.51 bits per heavy atom. The molecule has 19 nitrogen and oxygen atoms in total. The van der Waals surface area contributed by atoms with Crippen LogP contribution in [-0.4, -0.2) is 79.1 Å². The zero-order valence-corrected chi connectivity index (χ0v) is 25.2. The molecule has 3 aromatic carbocycles. The van der Waals surface area contributed by atoms with Gasteiger partial charge < -0.3 is 31.1 Å². The van der Waals surface area contributed by atoms with Crippen molar-refractivity contribution in [3.63, 3.8) is 0 Å². The van der Waals surface area contributed by atoms with Crippen molar-refractivity contribution in [3.05, 3.63) is 82.9 Å². The summed E-state index contributed by atoms with van der Waals surface area (Å²) in [5.74, 6) is -3.74. The van der Waals surface area contributed by atoms with Crippen LogP contribution in [0, 0.1) is 0 Å². The number of carboxylic acids is 4. The largest absolute Gasteiger partial charge is 0.478 e. The van der Waals surface area contributed by atoms with Crippen molar-refractivity contribution < 1.29 is 58.8 Å². The predicted octanol–water partition coefficient (Wildman–Crippen LogP) is 1.74. The van der Waals surface area contributed by atoms with Crippen molar-refractivity contribution in [1.82, 2.24) is 0 Å². The highest BCUT2D eigenvalue weighted by atomic mass is 16.4. The molecule has 3 rings (SSSR count). The van der Waals surface area contributed by atoms with Gasteiger partial charge in [0.25, 0.3) is 11.8 Å². The van der Waals surface area contributed by atoms with Crippen LogP contribution in [0.1, 0.15) is 55.3 Å². The molecule has 9 N–H and O–H groups in total. The highest BCUT2D eigenvalue weighted by Crippen LogP contribution is 2.22. The normalized spacial score (nSPS) is 11.2. The molecular formula is C30H25N7O12. The van der Waals surface area contributed by atoms with Crippen molar-refractivity contribution in [2.45, 2.75) is 13.8 Å².